The molecule has 1 aliphatic rings. The van der Waals surface area contributed by atoms with Gasteiger partial charge in [-0.15, -0.1) is 0 Å². The van der Waals surface area contributed by atoms with Gasteiger partial charge in [0.25, 0.3) is 0 Å². The maximum Gasteiger partial charge on any atom is 0.177 e. The number of nitrogens with zero attached hydrogens (tertiary/aromatic N) is 1. The van der Waals surface area contributed by atoms with Gasteiger partial charge in [0.2, 0.25) is 0 Å². The van der Waals surface area contributed by atoms with Crippen molar-refractivity contribution in [3.05, 3.63) is 0 Å². The van der Waals surface area contributed by atoms with E-state index in [0.717, 1.165) is 26.2 Å². The lowest BCUT2D eigenvalue weighted by Gasteiger charge is -2.30. The van der Waals surface area contributed by atoms with E-state index >= 15 is 0 Å². The van der Waals surface area contributed by atoms with Gasteiger partial charge >= 0.3 is 0 Å². The third kappa shape index (κ3) is 5.74. The second-order valence-electron chi connectivity index (χ2n) is 3.79. The molecule has 96 valence electrons. The van der Waals surface area contributed by atoms with Gasteiger partial charge in [-0.05, 0) is 20.8 Å². The van der Waals surface area contributed by atoms with Crippen molar-refractivity contribution in [2.24, 2.45) is 0 Å². The summed E-state index contributed by atoms with van der Waals surface area (Å²) in [4.78, 5) is 5.55. The Labute approximate surface area is 96.4 Å². The van der Waals surface area contributed by atoms with Gasteiger partial charge in [0, 0.05) is 26.2 Å². The van der Waals surface area contributed by atoms with E-state index in [0.29, 0.717) is 0 Å². The van der Waals surface area contributed by atoms with Gasteiger partial charge in [0.05, 0.1) is 0 Å². The summed E-state index contributed by atoms with van der Waals surface area (Å²) < 4.78 is 10.4. The standard InChI is InChI=1S/C10H22N2O4/c1-8(13)14-9(2)15-10(3)16-12-6-4-11-5-7-12/h8-11,13H,4-7H2,1-3H3. The van der Waals surface area contributed by atoms with Crippen LogP contribution in [0.25, 0.3) is 0 Å². The van der Waals surface area contributed by atoms with Crippen LogP contribution in [0.1, 0.15) is 20.8 Å². The molecule has 6 heteroatoms. The van der Waals surface area contributed by atoms with Crippen molar-refractivity contribution in [1.29, 1.82) is 0 Å². The van der Waals surface area contributed by atoms with Gasteiger partial charge in [-0.25, -0.2) is 0 Å². The van der Waals surface area contributed by atoms with Crippen LogP contribution in [0.15, 0.2) is 0 Å². The highest BCUT2D eigenvalue weighted by molar-refractivity contribution is 4.60. The van der Waals surface area contributed by atoms with Crippen LogP contribution in [0.5, 0.6) is 0 Å². The molecule has 0 bridgehead atoms. The van der Waals surface area contributed by atoms with Crippen molar-refractivity contribution >= 4 is 0 Å². The molecular formula is C10H22N2O4. The topological polar surface area (TPSA) is 63.2 Å². The molecule has 16 heavy (non-hydrogen) atoms. The SMILES string of the molecule is CC(O)OC(C)OC(C)ON1CCNCC1. The van der Waals surface area contributed by atoms with Crippen LogP contribution in [-0.4, -0.2) is 55.2 Å². The van der Waals surface area contributed by atoms with E-state index in [4.69, 9.17) is 19.4 Å². The molecule has 0 aliphatic carbocycles. The minimum absolute atomic E-state index is 0.383. The van der Waals surface area contributed by atoms with Gasteiger partial charge in [0.1, 0.15) is 0 Å². The number of ether oxygens (including phenoxy) is 2. The predicted octanol–water partition coefficient (Wildman–Crippen LogP) is -0.113. The van der Waals surface area contributed by atoms with Crippen molar-refractivity contribution in [3.63, 3.8) is 0 Å². The van der Waals surface area contributed by atoms with Crippen LogP contribution in [0.3, 0.4) is 0 Å². The molecule has 2 N–H and O–H groups in total. The summed E-state index contributed by atoms with van der Waals surface area (Å²) in [6.45, 7) is 8.62. The van der Waals surface area contributed by atoms with E-state index in [1.807, 2.05) is 12.0 Å². The lowest BCUT2D eigenvalue weighted by Crippen LogP contribution is -2.45. The first-order valence-electron chi connectivity index (χ1n) is 5.69. The van der Waals surface area contributed by atoms with E-state index in [2.05, 4.69) is 5.32 Å². The lowest BCUT2D eigenvalue weighted by molar-refractivity contribution is -0.328. The fourth-order valence-electron chi connectivity index (χ4n) is 1.56. The van der Waals surface area contributed by atoms with Gasteiger partial charge < -0.3 is 19.9 Å². The zero-order chi connectivity index (χ0) is 12.0. The van der Waals surface area contributed by atoms with E-state index in [-0.39, 0.29) is 6.29 Å². The highest BCUT2D eigenvalue weighted by Crippen LogP contribution is 2.06. The number of aliphatic hydroxyl groups is 1. The van der Waals surface area contributed by atoms with Crippen LogP contribution >= 0.6 is 0 Å². The summed E-state index contributed by atoms with van der Waals surface area (Å²) in [5.74, 6) is 0. The Balaban J connectivity index is 2.15. The molecule has 1 fully saturated rings. The number of hydroxylamine groups is 2. The molecule has 0 aromatic carbocycles. The minimum Gasteiger partial charge on any atom is -0.368 e. The molecule has 0 spiro atoms. The van der Waals surface area contributed by atoms with Crippen molar-refractivity contribution in [3.8, 4) is 0 Å². The van der Waals surface area contributed by atoms with Crippen LogP contribution in [0.2, 0.25) is 0 Å². The Morgan fingerprint density at radius 1 is 1.06 bits per heavy atom. The van der Waals surface area contributed by atoms with E-state index < -0.39 is 12.6 Å². The van der Waals surface area contributed by atoms with Crippen molar-refractivity contribution < 1.29 is 19.4 Å². The zero-order valence-corrected chi connectivity index (χ0v) is 10.2. The number of nitrogens with one attached hydrogen (secondary N) is 1. The Morgan fingerprint density at radius 3 is 2.25 bits per heavy atom. The number of hydrogen-bond acceptors (Lipinski definition) is 6. The van der Waals surface area contributed by atoms with Crippen LogP contribution in [0.4, 0.5) is 0 Å². The Kier molecular flexibility index (Phi) is 6.18. The number of rotatable bonds is 6. The molecular weight excluding hydrogens is 212 g/mol. The normalized spacial score (nSPS) is 24.0. The van der Waals surface area contributed by atoms with Gasteiger partial charge in [0.15, 0.2) is 18.9 Å². The zero-order valence-electron chi connectivity index (χ0n) is 10.2. The third-order valence-electron chi connectivity index (χ3n) is 2.15. The molecule has 6 nitrogen and oxygen atoms in total. The summed E-state index contributed by atoms with van der Waals surface area (Å²) in [5.41, 5.74) is 0. The average molecular weight is 234 g/mol. The van der Waals surface area contributed by atoms with Gasteiger partial charge in [-0.3, -0.25) is 4.84 Å². The highest BCUT2D eigenvalue weighted by Gasteiger charge is 2.16. The van der Waals surface area contributed by atoms with Gasteiger partial charge in [-0.1, -0.05) is 0 Å². The monoisotopic (exact) mass is 234 g/mol. The number of piperazine rings is 1. The second kappa shape index (κ2) is 7.16. The summed E-state index contributed by atoms with van der Waals surface area (Å²) in [5, 5.41) is 14.1. The van der Waals surface area contributed by atoms with E-state index in [9.17, 15) is 0 Å². The van der Waals surface area contributed by atoms with Crippen LogP contribution in [0, 0.1) is 0 Å². The molecule has 0 aromatic rings. The van der Waals surface area contributed by atoms with Crippen LogP contribution < -0.4 is 5.32 Å². The maximum absolute atomic E-state index is 9.00. The first-order chi connectivity index (χ1) is 7.58. The quantitative estimate of drug-likeness (QED) is 0.625. The largest absolute Gasteiger partial charge is 0.368 e. The van der Waals surface area contributed by atoms with Gasteiger partial charge in [-0.2, -0.15) is 5.06 Å². The summed E-state index contributed by atoms with van der Waals surface area (Å²) >= 11 is 0. The Morgan fingerprint density at radius 2 is 1.69 bits per heavy atom. The number of hydrogen-bond donors (Lipinski definition) is 2. The molecule has 1 rings (SSSR count). The predicted molar refractivity (Wildman–Crippen MR) is 58.3 cm³/mol. The first-order valence-corrected chi connectivity index (χ1v) is 5.69. The first kappa shape index (κ1) is 13.8. The molecule has 1 aliphatic heterocycles. The molecule has 3 unspecified atom stereocenters. The fourth-order valence-corrected chi connectivity index (χ4v) is 1.56. The lowest BCUT2D eigenvalue weighted by atomic mass is 10.4. The molecule has 1 saturated heterocycles. The molecule has 3 atom stereocenters. The number of aliphatic hydroxyl groups excluding tert-OH is 1. The molecule has 0 amide bonds. The summed E-state index contributed by atoms with van der Waals surface area (Å²) in [6.07, 6.45) is -1.70. The van der Waals surface area contributed by atoms with Crippen molar-refractivity contribution in [1.82, 2.24) is 10.4 Å². The van der Waals surface area contributed by atoms with E-state index in [1.54, 1.807) is 13.8 Å². The van der Waals surface area contributed by atoms with Crippen molar-refractivity contribution in [2.75, 3.05) is 26.2 Å². The molecule has 0 radical (unpaired) electrons. The second-order valence-corrected chi connectivity index (χ2v) is 3.79. The van der Waals surface area contributed by atoms with E-state index in [1.165, 1.54) is 0 Å². The average Bonchev–Trinajstić information content (AvgIpc) is 2.17. The molecule has 0 saturated carbocycles. The summed E-state index contributed by atoms with van der Waals surface area (Å²) in [6, 6.07) is 0. The summed E-state index contributed by atoms with van der Waals surface area (Å²) in [7, 11) is 0. The maximum atomic E-state index is 9.00. The van der Waals surface area contributed by atoms with Crippen molar-refractivity contribution in [2.45, 2.75) is 39.6 Å². The van der Waals surface area contributed by atoms with Crippen LogP contribution in [-0.2, 0) is 14.3 Å². The minimum atomic E-state index is -0.832. The third-order valence-corrected chi connectivity index (χ3v) is 2.15. The Bertz CT molecular complexity index is 186. The smallest absolute Gasteiger partial charge is 0.177 e. The molecule has 0 aromatic heterocycles. The Hall–Kier alpha value is -0.240. The molecule has 1 heterocycles. The fraction of sp³-hybridized carbons (Fsp3) is 1.00. The highest BCUT2D eigenvalue weighted by atomic mass is 16.8.